The number of rotatable bonds is 10. The van der Waals surface area contributed by atoms with Crippen LogP contribution in [0.25, 0.3) is 0 Å². The van der Waals surface area contributed by atoms with Gasteiger partial charge in [0.1, 0.15) is 25.4 Å². The maximum absolute atomic E-state index is 12.6. The predicted octanol–water partition coefficient (Wildman–Crippen LogP) is 1.44. The van der Waals surface area contributed by atoms with Crippen LogP contribution in [0, 0.1) is 5.92 Å². The zero-order valence-corrected chi connectivity index (χ0v) is 15.1. The second-order valence-electron chi connectivity index (χ2n) is 6.19. The molecule has 27 heavy (non-hydrogen) atoms. The fraction of sp³-hybridized carbons (Fsp3) is 0.444. The number of carboxylic acids is 1. The number of alkyl carbamates (subject to hydrolysis) is 1. The molecule has 0 heterocycles. The van der Waals surface area contributed by atoms with Crippen molar-refractivity contribution in [1.29, 1.82) is 0 Å². The highest BCUT2D eigenvalue weighted by Gasteiger charge is 2.30. The van der Waals surface area contributed by atoms with E-state index in [1.54, 1.807) is 38.1 Å². The van der Waals surface area contributed by atoms with Gasteiger partial charge in [-0.1, -0.05) is 44.2 Å². The fourth-order valence-electron chi connectivity index (χ4n) is 2.20. The molecule has 8 nitrogen and oxygen atoms in total. The van der Waals surface area contributed by atoms with Crippen molar-refractivity contribution in [3.8, 4) is 0 Å². The molecule has 2 amide bonds. The van der Waals surface area contributed by atoms with Crippen molar-refractivity contribution < 1.29 is 33.4 Å². The van der Waals surface area contributed by atoms with E-state index >= 15 is 0 Å². The van der Waals surface area contributed by atoms with Gasteiger partial charge in [0.2, 0.25) is 5.91 Å². The van der Waals surface area contributed by atoms with Crippen LogP contribution in [0.1, 0.15) is 25.8 Å². The van der Waals surface area contributed by atoms with E-state index in [9.17, 15) is 23.6 Å². The van der Waals surface area contributed by atoms with E-state index < -0.39 is 48.9 Å². The van der Waals surface area contributed by atoms with E-state index in [0.29, 0.717) is 0 Å². The number of Topliss-reactive ketones (excluding diaryl/α,β-unsaturated/α-hetero) is 1. The van der Waals surface area contributed by atoms with Gasteiger partial charge >= 0.3 is 12.1 Å². The zero-order chi connectivity index (χ0) is 20.4. The third-order valence-corrected chi connectivity index (χ3v) is 3.65. The monoisotopic (exact) mass is 382 g/mol. The molecule has 2 atom stereocenters. The first-order valence-electron chi connectivity index (χ1n) is 8.32. The summed E-state index contributed by atoms with van der Waals surface area (Å²) in [5.74, 6) is -3.60. The lowest BCUT2D eigenvalue weighted by Gasteiger charge is -2.24. The first-order chi connectivity index (χ1) is 12.7. The summed E-state index contributed by atoms with van der Waals surface area (Å²) in [6, 6.07) is 6.31. The van der Waals surface area contributed by atoms with Gasteiger partial charge in [0.25, 0.3) is 0 Å². The minimum Gasteiger partial charge on any atom is -0.481 e. The minimum absolute atomic E-state index is 0.00108. The highest BCUT2D eigenvalue weighted by Crippen LogP contribution is 2.06. The summed E-state index contributed by atoms with van der Waals surface area (Å²) in [6.45, 7) is 1.88. The van der Waals surface area contributed by atoms with Gasteiger partial charge in [0.05, 0.1) is 6.42 Å². The smallest absolute Gasteiger partial charge is 0.408 e. The molecular formula is C18H23FN2O6. The number of halogens is 1. The number of carboxylic acid groups (broad SMARTS) is 1. The second-order valence-corrected chi connectivity index (χ2v) is 6.19. The number of ether oxygens (including phenoxy) is 1. The lowest BCUT2D eigenvalue weighted by atomic mass is 10.0. The number of hydrogen-bond acceptors (Lipinski definition) is 5. The molecule has 0 saturated heterocycles. The van der Waals surface area contributed by atoms with Gasteiger partial charge in [-0.15, -0.1) is 0 Å². The van der Waals surface area contributed by atoms with Crippen LogP contribution >= 0.6 is 0 Å². The molecule has 0 fully saturated rings. The van der Waals surface area contributed by atoms with E-state index in [1.165, 1.54) is 0 Å². The SMILES string of the molecule is CC(C)[C@H](NC(=O)OCc1ccccc1)C(=O)NC(CC(=O)O)C(=O)CF. The molecule has 0 aliphatic rings. The van der Waals surface area contributed by atoms with Crippen LogP contribution < -0.4 is 10.6 Å². The van der Waals surface area contributed by atoms with Gasteiger partial charge in [0, 0.05) is 0 Å². The molecule has 1 rings (SSSR count). The van der Waals surface area contributed by atoms with Crippen molar-refractivity contribution in [2.45, 2.75) is 39.0 Å². The predicted molar refractivity (Wildman–Crippen MR) is 93.6 cm³/mol. The number of carbonyl (C=O) groups excluding carboxylic acids is 3. The largest absolute Gasteiger partial charge is 0.481 e. The quantitative estimate of drug-likeness (QED) is 0.563. The summed E-state index contributed by atoms with van der Waals surface area (Å²) in [6.07, 6.45) is -1.60. The average molecular weight is 382 g/mol. The van der Waals surface area contributed by atoms with Crippen LogP contribution in [0.4, 0.5) is 9.18 Å². The molecule has 0 bridgehead atoms. The molecule has 1 aromatic carbocycles. The standard InChI is InChI=1S/C18H23FN2O6/c1-11(2)16(17(25)20-13(8-15(23)24)14(22)9-19)21-18(26)27-10-12-6-4-3-5-7-12/h3-7,11,13,16H,8-10H2,1-2H3,(H,20,25)(H,21,26)(H,23,24)/t13?,16-/m0/s1. The number of hydrogen-bond donors (Lipinski definition) is 3. The fourth-order valence-corrected chi connectivity index (χ4v) is 2.20. The Kier molecular flexibility index (Phi) is 8.91. The Balaban J connectivity index is 2.69. The van der Waals surface area contributed by atoms with Gasteiger partial charge in [-0.25, -0.2) is 9.18 Å². The molecule has 1 unspecified atom stereocenters. The molecule has 0 saturated carbocycles. The molecule has 148 valence electrons. The molecule has 0 aliphatic heterocycles. The summed E-state index contributed by atoms with van der Waals surface area (Å²) < 4.78 is 17.6. The highest BCUT2D eigenvalue weighted by atomic mass is 19.1. The van der Waals surface area contributed by atoms with Crippen LogP contribution in [-0.4, -0.2) is 47.6 Å². The lowest BCUT2D eigenvalue weighted by molar-refractivity contribution is -0.140. The van der Waals surface area contributed by atoms with Gasteiger partial charge in [-0.2, -0.15) is 0 Å². The Hall–Kier alpha value is -2.97. The molecule has 0 aromatic heterocycles. The van der Waals surface area contributed by atoms with Crippen LogP contribution in [-0.2, 0) is 25.7 Å². The molecule has 3 N–H and O–H groups in total. The van der Waals surface area contributed by atoms with Gasteiger partial charge in [0.15, 0.2) is 5.78 Å². The Morgan fingerprint density at radius 2 is 1.74 bits per heavy atom. The number of benzene rings is 1. The molecule has 9 heteroatoms. The molecule has 0 radical (unpaired) electrons. The molecular weight excluding hydrogens is 359 g/mol. The van der Waals surface area contributed by atoms with Crippen molar-refractivity contribution in [3.63, 3.8) is 0 Å². The number of aliphatic carboxylic acids is 1. The van der Waals surface area contributed by atoms with Gasteiger partial charge in [-0.3, -0.25) is 14.4 Å². The van der Waals surface area contributed by atoms with Gasteiger partial charge < -0.3 is 20.5 Å². The van der Waals surface area contributed by atoms with Crippen LogP contribution in [0.2, 0.25) is 0 Å². The van der Waals surface area contributed by atoms with Crippen LogP contribution in [0.3, 0.4) is 0 Å². The Morgan fingerprint density at radius 3 is 2.26 bits per heavy atom. The van der Waals surface area contributed by atoms with Crippen LogP contribution in [0.5, 0.6) is 0 Å². The highest BCUT2D eigenvalue weighted by molar-refractivity contribution is 5.94. The Bertz CT molecular complexity index is 665. The third kappa shape index (κ3) is 7.85. The van der Waals surface area contributed by atoms with Gasteiger partial charge in [-0.05, 0) is 11.5 Å². The number of alkyl halides is 1. The second kappa shape index (κ2) is 10.9. The first-order valence-corrected chi connectivity index (χ1v) is 8.32. The first kappa shape index (κ1) is 22.1. The Morgan fingerprint density at radius 1 is 1.11 bits per heavy atom. The molecule has 0 spiro atoms. The zero-order valence-electron chi connectivity index (χ0n) is 15.1. The van der Waals surface area contributed by atoms with Crippen molar-refractivity contribution >= 4 is 23.8 Å². The van der Waals surface area contributed by atoms with E-state index in [0.717, 1.165) is 5.56 Å². The summed E-state index contributed by atoms with van der Waals surface area (Å²) in [5, 5.41) is 13.4. The maximum atomic E-state index is 12.6. The summed E-state index contributed by atoms with van der Waals surface area (Å²) >= 11 is 0. The van der Waals surface area contributed by atoms with Crippen LogP contribution in [0.15, 0.2) is 30.3 Å². The van der Waals surface area contributed by atoms with Crippen molar-refractivity contribution in [1.82, 2.24) is 10.6 Å². The van der Waals surface area contributed by atoms with Crippen molar-refractivity contribution in [2.24, 2.45) is 5.92 Å². The summed E-state index contributed by atoms with van der Waals surface area (Å²) in [4.78, 5) is 46.6. The molecule has 1 aromatic rings. The number of nitrogens with one attached hydrogen (secondary N) is 2. The number of ketones is 1. The summed E-state index contributed by atoms with van der Waals surface area (Å²) in [7, 11) is 0. The number of carbonyl (C=O) groups is 4. The normalized spacial score (nSPS) is 12.7. The lowest BCUT2D eigenvalue weighted by Crippen LogP contribution is -2.54. The molecule has 0 aliphatic carbocycles. The van der Waals surface area contributed by atoms with Crippen molar-refractivity contribution in [2.75, 3.05) is 6.67 Å². The van der Waals surface area contributed by atoms with E-state index in [1.807, 2.05) is 6.07 Å². The topological polar surface area (TPSA) is 122 Å². The van der Waals surface area contributed by atoms with E-state index in [4.69, 9.17) is 9.84 Å². The minimum atomic E-state index is -1.51. The summed E-state index contributed by atoms with van der Waals surface area (Å²) in [5.41, 5.74) is 0.758. The van der Waals surface area contributed by atoms with E-state index in [-0.39, 0.29) is 12.5 Å². The maximum Gasteiger partial charge on any atom is 0.408 e. The van der Waals surface area contributed by atoms with Crippen molar-refractivity contribution in [3.05, 3.63) is 35.9 Å². The van der Waals surface area contributed by atoms with E-state index in [2.05, 4.69) is 10.6 Å². The average Bonchev–Trinajstić information content (AvgIpc) is 2.63. The number of amides is 2. The third-order valence-electron chi connectivity index (χ3n) is 3.65. The Labute approximate surface area is 156 Å².